The average molecular weight is 614 g/mol. The minimum absolute atomic E-state index is 0.828. The predicted molar refractivity (Wildman–Crippen MR) is 195 cm³/mol. The van der Waals surface area contributed by atoms with Gasteiger partial charge in [-0.15, -0.1) is 0 Å². The predicted octanol–water partition coefficient (Wildman–Crippen LogP) is 10.5. The van der Waals surface area contributed by atoms with Crippen LogP contribution in [0.15, 0.2) is 164 Å². The van der Waals surface area contributed by atoms with E-state index in [0.29, 0.717) is 0 Å². The summed E-state index contributed by atoms with van der Waals surface area (Å²) in [6, 6.07) is 53.8. The number of aromatic nitrogens is 5. The van der Waals surface area contributed by atoms with E-state index in [1.807, 2.05) is 54.6 Å². The molecular formula is C43H27N5. The lowest BCUT2D eigenvalue weighted by Gasteiger charge is -2.12. The second kappa shape index (κ2) is 11.6. The maximum Gasteiger partial charge on any atom is 0.0973 e. The molecule has 224 valence electrons. The van der Waals surface area contributed by atoms with Gasteiger partial charge in [-0.05, 0) is 47.5 Å². The molecule has 4 aromatic heterocycles. The van der Waals surface area contributed by atoms with Crippen molar-refractivity contribution in [1.82, 2.24) is 24.9 Å². The van der Waals surface area contributed by atoms with Gasteiger partial charge in [0, 0.05) is 33.7 Å². The molecule has 5 heteroatoms. The Morgan fingerprint density at radius 3 is 1.38 bits per heavy atom. The van der Waals surface area contributed by atoms with E-state index in [1.165, 1.54) is 5.56 Å². The Morgan fingerprint density at radius 1 is 0.292 bits per heavy atom. The minimum atomic E-state index is 0.828. The molecule has 0 bridgehead atoms. The Morgan fingerprint density at radius 2 is 0.771 bits per heavy atom. The minimum Gasteiger partial charge on any atom is -0.255 e. The largest absolute Gasteiger partial charge is 0.255 e. The lowest BCUT2D eigenvalue weighted by Crippen LogP contribution is -1.96. The van der Waals surface area contributed by atoms with E-state index in [2.05, 4.69) is 108 Å². The van der Waals surface area contributed by atoms with Gasteiger partial charge in [0.2, 0.25) is 0 Å². The van der Waals surface area contributed by atoms with Crippen LogP contribution in [0.3, 0.4) is 0 Å². The van der Waals surface area contributed by atoms with Crippen molar-refractivity contribution in [3.05, 3.63) is 164 Å². The molecule has 0 aliphatic carbocycles. The molecule has 9 rings (SSSR count). The maximum atomic E-state index is 5.14. The van der Waals surface area contributed by atoms with Crippen molar-refractivity contribution in [3.8, 4) is 56.3 Å². The zero-order valence-electron chi connectivity index (χ0n) is 25.8. The summed E-state index contributed by atoms with van der Waals surface area (Å²) in [5.74, 6) is 0. The first-order chi connectivity index (χ1) is 23.8. The van der Waals surface area contributed by atoms with Crippen LogP contribution in [0.25, 0.3) is 89.1 Å². The van der Waals surface area contributed by atoms with E-state index in [-0.39, 0.29) is 0 Å². The van der Waals surface area contributed by atoms with Gasteiger partial charge in [-0.25, -0.2) is 19.9 Å². The summed E-state index contributed by atoms with van der Waals surface area (Å²) >= 11 is 0. The van der Waals surface area contributed by atoms with E-state index in [9.17, 15) is 0 Å². The Balaban J connectivity index is 1.11. The van der Waals surface area contributed by atoms with Crippen LogP contribution in [-0.2, 0) is 0 Å². The standard InChI is InChI=1S/C43H27N5/c1-2-8-28(9-3-1)29-13-17-31(18-14-29)41-42(47-38-12-5-4-11-37(38)46-41)32-19-15-30(16-20-32)35-25-23-33-21-22-34-24-26-39(36-10-6-7-27-44-36)48-43(34)40(33)45-35/h1-27H. The van der Waals surface area contributed by atoms with Crippen LogP contribution < -0.4 is 0 Å². The van der Waals surface area contributed by atoms with Crippen molar-refractivity contribution < 1.29 is 0 Å². The van der Waals surface area contributed by atoms with Crippen LogP contribution in [0.1, 0.15) is 0 Å². The summed E-state index contributed by atoms with van der Waals surface area (Å²) in [6.45, 7) is 0. The molecule has 0 aliphatic rings. The first-order valence-electron chi connectivity index (χ1n) is 15.9. The second-order valence-corrected chi connectivity index (χ2v) is 11.7. The van der Waals surface area contributed by atoms with E-state index in [1.54, 1.807) is 6.20 Å². The van der Waals surface area contributed by atoms with Gasteiger partial charge in [-0.3, -0.25) is 4.98 Å². The maximum absolute atomic E-state index is 5.14. The van der Waals surface area contributed by atoms with Crippen molar-refractivity contribution in [2.45, 2.75) is 0 Å². The van der Waals surface area contributed by atoms with Crippen molar-refractivity contribution in [3.63, 3.8) is 0 Å². The number of rotatable bonds is 5. The number of benzene rings is 5. The molecule has 0 saturated carbocycles. The smallest absolute Gasteiger partial charge is 0.0973 e. The van der Waals surface area contributed by atoms with Crippen molar-refractivity contribution in [2.24, 2.45) is 0 Å². The molecule has 9 aromatic rings. The van der Waals surface area contributed by atoms with Crippen LogP contribution in [0.2, 0.25) is 0 Å². The highest BCUT2D eigenvalue weighted by molar-refractivity contribution is 6.04. The third kappa shape index (κ3) is 5.04. The number of nitrogens with zero attached hydrogens (tertiary/aromatic N) is 5. The normalized spacial score (nSPS) is 11.3. The summed E-state index contributed by atoms with van der Waals surface area (Å²) in [5, 5.41) is 2.09. The molecule has 48 heavy (non-hydrogen) atoms. The fourth-order valence-electron chi connectivity index (χ4n) is 6.24. The molecule has 4 heterocycles. The molecule has 0 amide bonds. The SMILES string of the molecule is c1ccc(-c2ccc(-c3nc4ccccc4nc3-c3ccc(-c4ccc5ccc6ccc(-c7ccccn7)nc6c5n4)cc3)cc2)cc1. The van der Waals surface area contributed by atoms with E-state index >= 15 is 0 Å². The average Bonchev–Trinajstić information content (AvgIpc) is 3.18. The third-order valence-corrected chi connectivity index (χ3v) is 8.74. The summed E-state index contributed by atoms with van der Waals surface area (Å²) in [6.07, 6.45) is 1.79. The van der Waals surface area contributed by atoms with Crippen molar-refractivity contribution >= 4 is 32.8 Å². The van der Waals surface area contributed by atoms with Crippen molar-refractivity contribution in [1.29, 1.82) is 0 Å². The van der Waals surface area contributed by atoms with Crippen LogP contribution in [0.4, 0.5) is 0 Å². The zero-order chi connectivity index (χ0) is 31.9. The molecule has 0 unspecified atom stereocenters. The lowest BCUT2D eigenvalue weighted by atomic mass is 9.99. The fraction of sp³-hybridized carbons (Fsp3) is 0. The van der Waals surface area contributed by atoms with Crippen LogP contribution in [0.5, 0.6) is 0 Å². The third-order valence-electron chi connectivity index (χ3n) is 8.74. The van der Waals surface area contributed by atoms with Gasteiger partial charge < -0.3 is 0 Å². The molecule has 0 N–H and O–H groups in total. The number of hydrogen-bond donors (Lipinski definition) is 0. The molecule has 5 nitrogen and oxygen atoms in total. The van der Waals surface area contributed by atoms with Crippen LogP contribution >= 0.6 is 0 Å². The summed E-state index contributed by atoms with van der Waals surface area (Å²) in [7, 11) is 0. The van der Waals surface area contributed by atoms with Crippen LogP contribution in [-0.4, -0.2) is 24.9 Å². The number of pyridine rings is 3. The Labute approximate surface area is 277 Å². The highest BCUT2D eigenvalue weighted by Crippen LogP contribution is 2.34. The van der Waals surface area contributed by atoms with Crippen molar-refractivity contribution in [2.75, 3.05) is 0 Å². The Hall–Kier alpha value is -6.59. The Bertz CT molecular complexity index is 2580. The molecule has 0 fully saturated rings. The van der Waals surface area contributed by atoms with Gasteiger partial charge in [-0.2, -0.15) is 0 Å². The Kier molecular flexibility index (Phi) is 6.72. The highest BCUT2D eigenvalue weighted by atomic mass is 14.8. The van der Waals surface area contributed by atoms with Gasteiger partial charge in [0.05, 0.1) is 50.5 Å². The molecule has 0 saturated heterocycles. The summed E-state index contributed by atoms with van der Waals surface area (Å²) < 4.78 is 0. The van der Waals surface area contributed by atoms with Gasteiger partial charge in [0.1, 0.15) is 0 Å². The molecule has 0 atom stereocenters. The number of hydrogen-bond acceptors (Lipinski definition) is 5. The van der Waals surface area contributed by atoms with Gasteiger partial charge >= 0.3 is 0 Å². The first-order valence-corrected chi connectivity index (χ1v) is 15.9. The molecule has 0 radical (unpaired) electrons. The molecular weight excluding hydrogens is 587 g/mol. The molecule has 0 spiro atoms. The van der Waals surface area contributed by atoms with Gasteiger partial charge in [0.15, 0.2) is 0 Å². The number of para-hydroxylation sites is 2. The molecule has 0 aliphatic heterocycles. The molecule has 5 aromatic carbocycles. The topological polar surface area (TPSA) is 64.5 Å². The second-order valence-electron chi connectivity index (χ2n) is 11.7. The quantitative estimate of drug-likeness (QED) is 0.181. The highest BCUT2D eigenvalue weighted by Gasteiger charge is 2.15. The fourth-order valence-corrected chi connectivity index (χ4v) is 6.24. The van der Waals surface area contributed by atoms with E-state index < -0.39 is 0 Å². The lowest BCUT2D eigenvalue weighted by molar-refractivity contribution is 1.27. The monoisotopic (exact) mass is 613 g/mol. The van der Waals surface area contributed by atoms with Crippen LogP contribution in [0, 0.1) is 0 Å². The zero-order valence-corrected chi connectivity index (χ0v) is 25.8. The summed E-state index contributed by atoms with van der Waals surface area (Å²) in [5.41, 5.74) is 13.1. The number of fused-ring (bicyclic) bond motifs is 4. The summed E-state index contributed by atoms with van der Waals surface area (Å²) in [4.78, 5) is 24.9. The van der Waals surface area contributed by atoms with E-state index in [0.717, 1.165) is 83.6 Å². The van der Waals surface area contributed by atoms with Gasteiger partial charge in [0.25, 0.3) is 0 Å². The van der Waals surface area contributed by atoms with E-state index in [4.69, 9.17) is 19.9 Å². The van der Waals surface area contributed by atoms with Gasteiger partial charge in [-0.1, -0.05) is 121 Å². The first kappa shape index (κ1) is 27.7.